The van der Waals surface area contributed by atoms with Crippen LogP contribution in [0, 0.1) is 0 Å². The molecule has 0 fully saturated rings. The van der Waals surface area contributed by atoms with Crippen molar-refractivity contribution >= 4 is 61.5 Å². The van der Waals surface area contributed by atoms with Crippen LogP contribution in [-0.4, -0.2) is 13.7 Å². The molecule has 3 aromatic heterocycles. The van der Waals surface area contributed by atoms with Crippen LogP contribution in [0.3, 0.4) is 0 Å². The maximum atomic E-state index is 6.43. The van der Waals surface area contributed by atoms with Crippen molar-refractivity contribution in [2.45, 2.75) is 6.42 Å². The Kier molecular flexibility index (Phi) is 5.87. The first-order valence-electron chi connectivity index (χ1n) is 15.5. The van der Waals surface area contributed by atoms with E-state index in [1.54, 1.807) is 6.20 Å². The third-order valence-corrected chi connectivity index (χ3v) is 9.15. The Balaban J connectivity index is 1.22. The van der Waals surface area contributed by atoms with Gasteiger partial charge in [-0.1, -0.05) is 73.3 Å². The van der Waals surface area contributed by atoms with Gasteiger partial charge in [0.1, 0.15) is 11.0 Å². The van der Waals surface area contributed by atoms with Gasteiger partial charge < -0.3 is 13.6 Å². The Morgan fingerprint density at radius 1 is 0.674 bits per heavy atom. The number of rotatable bonds is 4. The van der Waals surface area contributed by atoms with Gasteiger partial charge in [0.15, 0.2) is 0 Å². The summed E-state index contributed by atoms with van der Waals surface area (Å²) in [5.74, 6) is 0. The smallest absolute Gasteiger partial charge is 0.214 e. The molecule has 9 rings (SSSR count). The molecule has 0 spiro atoms. The molecule has 5 aromatic carbocycles. The molecule has 0 bridgehead atoms. The van der Waals surface area contributed by atoms with Crippen molar-refractivity contribution in [3.63, 3.8) is 0 Å². The minimum atomic E-state index is 0.779. The molecule has 0 saturated carbocycles. The molecule has 1 aliphatic rings. The van der Waals surface area contributed by atoms with Gasteiger partial charge in [-0.15, -0.1) is 0 Å². The summed E-state index contributed by atoms with van der Waals surface area (Å²) in [7, 11) is 2.04. The zero-order chi connectivity index (χ0) is 30.8. The minimum absolute atomic E-state index is 0.779. The quantitative estimate of drug-likeness (QED) is 0.204. The standard InChI is InChI=1S/C41H30N4O/c1-3-42-41-43(2)37-19-8-9-20-38(37)45(41)29-14-10-12-27(24-29)28-13-11-21-39-33(25-28)34-26-30(22-23-40(34)46-39)44-35-17-6-4-15-31(35)32-16-5-7-18-36(32)44/h3-10,12-26H,1,11H2,2H3/b42-41+. The van der Waals surface area contributed by atoms with E-state index in [-0.39, 0.29) is 0 Å². The molecule has 8 aromatic rings. The third-order valence-electron chi connectivity index (χ3n) is 9.15. The van der Waals surface area contributed by atoms with E-state index in [0.717, 1.165) is 67.2 Å². The molecule has 0 N–H and O–H groups in total. The van der Waals surface area contributed by atoms with Gasteiger partial charge >= 0.3 is 0 Å². The summed E-state index contributed by atoms with van der Waals surface area (Å²) in [5.41, 5.74) is 11.7. The molecule has 0 amide bonds. The lowest BCUT2D eigenvalue weighted by atomic mass is 10.0. The highest BCUT2D eigenvalue weighted by Crippen LogP contribution is 2.32. The monoisotopic (exact) mass is 594 g/mol. The minimum Gasteiger partial charge on any atom is -0.456 e. The van der Waals surface area contributed by atoms with E-state index in [9.17, 15) is 0 Å². The highest BCUT2D eigenvalue weighted by atomic mass is 16.3. The molecular formula is C41H30N4O. The zero-order valence-corrected chi connectivity index (χ0v) is 25.4. The molecule has 0 saturated heterocycles. The van der Waals surface area contributed by atoms with Crippen LogP contribution in [0.1, 0.15) is 12.0 Å². The fourth-order valence-electron chi connectivity index (χ4n) is 7.08. The van der Waals surface area contributed by atoms with Crippen molar-refractivity contribution in [3.8, 4) is 11.4 Å². The Labute approximate surface area is 264 Å². The van der Waals surface area contributed by atoms with Crippen LogP contribution < -0.4 is 16.3 Å². The lowest BCUT2D eigenvalue weighted by molar-refractivity contribution is 0.574. The summed E-state index contributed by atoms with van der Waals surface area (Å²) in [6, 6.07) is 40.9. The molecule has 3 heterocycles. The highest BCUT2D eigenvalue weighted by molar-refractivity contribution is 6.09. The molecule has 46 heavy (non-hydrogen) atoms. The van der Waals surface area contributed by atoms with Crippen molar-refractivity contribution < 1.29 is 4.42 Å². The Morgan fingerprint density at radius 2 is 1.37 bits per heavy atom. The second kappa shape index (κ2) is 10.2. The predicted molar refractivity (Wildman–Crippen MR) is 189 cm³/mol. The summed E-state index contributed by atoms with van der Waals surface area (Å²) in [5, 5.41) is 4.71. The predicted octanol–water partition coefficient (Wildman–Crippen LogP) is 7.90. The fraction of sp³-hybridized carbons (Fsp3) is 0.0488. The van der Waals surface area contributed by atoms with E-state index in [1.165, 1.54) is 21.8 Å². The first-order valence-corrected chi connectivity index (χ1v) is 15.5. The molecule has 220 valence electrons. The molecule has 0 radical (unpaired) electrons. The largest absolute Gasteiger partial charge is 0.456 e. The molecule has 5 nitrogen and oxygen atoms in total. The number of allylic oxidation sites excluding steroid dienone is 2. The van der Waals surface area contributed by atoms with Crippen LogP contribution in [0.25, 0.3) is 72.9 Å². The third kappa shape index (κ3) is 3.92. The molecule has 5 heteroatoms. The Morgan fingerprint density at radius 3 is 2.13 bits per heavy atom. The van der Waals surface area contributed by atoms with Gasteiger partial charge in [0.2, 0.25) is 5.62 Å². The number of fused-ring (bicyclic) bond motifs is 7. The normalized spacial score (nSPS) is 13.5. The average Bonchev–Trinajstić information content (AvgIpc) is 3.65. The van der Waals surface area contributed by atoms with E-state index in [0.29, 0.717) is 0 Å². The van der Waals surface area contributed by atoms with Crippen molar-refractivity contribution in [2.24, 2.45) is 12.0 Å². The van der Waals surface area contributed by atoms with Crippen LogP contribution in [0.4, 0.5) is 0 Å². The highest BCUT2D eigenvalue weighted by Gasteiger charge is 2.15. The SMILES string of the molecule is C=C/N=c1\n(C)c2ccccc2n1-c1cccc(C2=CCC=c3oc4ccc(-n5c6ccccc6c6ccccc65)cc4c3=C2)c1. The molecular weight excluding hydrogens is 564 g/mol. The van der Waals surface area contributed by atoms with Gasteiger partial charge in [-0.05, 0) is 84.3 Å². The summed E-state index contributed by atoms with van der Waals surface area (Å²) < 4.78 is 13.1. The number of aryl methyl sites for hydroxylation is 1. The number of hydrogen-bond acceptors (Lipinski definition) is 2. The van der Waals surface area contributed by atoms with Gasteiger partial charge in [-0.2, -0.15) is 0 Å². The molecule has 0 aliphatic heterocycles. The molecule has 0 unspecified atom stereocenters. The van der Waals surface area contributed by atoms with E-state index in [4.69, 9.17) is 4.42 Å². The first kappa shape index (κ1) is 26.3. The van der Waals surface area contributed by atoms with Crippen LogP contribution in [0.2, 0.25) is 0 Å². The van der Waals surface area contributed by atoms with E-state index < -0.39 is 0 Å². The van der Waals surface area contributed by atoms with Crippen molar-refractivity contribution in [3.05, 3.63) is 156 Å². The summed E-state index contributed by atoms with van der Waals surface area (Å²) in [6.07, 6.45) is 9.12. The van der Waals surface area contributed by atoms with Crippen LogP contribution in [0.15, 0.2) is 144 Å². The fourth-order valence-corrected chi connectivity index (χ4v) is 7.08. The van der Waals surface area contributed by atoms with Crippen LogP contribution in [0.5, 0.6) is 0 Å². The van der Waals surface area contributed by atoms with Gasteiger partial charge in [0.05, 0.1) is 22.1 Å². The number of benzene rings is 5. The molecule has 1 aliphatic carbocycles. The number of nitrogens with zero attached hydrogens (tertiary/aromatic N) is 4. The Bertz CT molecular complexity index is 2710. The summed E-state index contributed by atoms with van der Waals surface area (Å²) >= 11 is 0. The molecule has 0 atom stereocenters. The van der Waals surface area contributed by atoms with Crippen LogP contribution in [-0.2, 0) is 7.05 Å². The number of aromatic nitrogens is 3. The number of imidazole rings is 1. The summed E-state index contributed by atoms with van der Waals surface area (Å²) in [4.78, 5) is 4.65. The number of furan rings is 1. The Hall–Kier alpha value is -6.07. The van der Waals surface area contributed by atoms with Crippen molar-refractivity contribution in [2.75, 3.05) is 0 Å². The lowest BCUT2D eigenvalue weighted by Crippen LogP contribution is -2.22. The second-order valence-electron chi connectivity index (χ2n) is 11.7. The van der Waals surface area contributed by atoms with Crippen molar-refractivity contribution in [1.82, 2.24) is 13.7 Å². The van der Waals surface area contributed by atoms with Gasteiger partial charge in [-0.3, -0.25) is 4.57 Å². The maximum Gasteiger partial charge on any atom is 0.214 e. The van der Waals surface area contributed by atoms with E-state index in [1.807, 2.05) is 7.05 Å². The van der Waals surface area contributed by atoms with Crippen LogP contribution >= 0.6 is 0 Å². The zero-order valence-electron chi connectivity index (χ0n) is 25.4. The second-order valence-corrected chi connectivity index (χ2v) is 11.7. The van der Waals surface area contributed by atoms with Gasteiger partial charge in [0, 0.05) is 46.0 Å². The number of para-hydroxylation sites is 4. The van der Waals surface area contributed by atoms with Gasteiger partial charge in [0.25, 0.3) is 0 Å². The topological polar surface area (TPSA) is 40.3 Å². The summed E-state index contributed by atoms with van der Waals surface area (Å²) in [6.45, 7) is 3.88. The maximum absolute atomic E-state index is 6.43. The number of hydrogen-bond donors (Lipinski definition) is 0. The van der Waals surface area contributed by atoms with E-state index in [2.05, 4.69) is 159 Å². The van der Waals surface area contributed by atoms with E-state index >= 15 is 0 Å². The van der Waals surface area contributed by atoms with Crippen molar-refractivity contribution in [1.29, 1.82) is 0 Å². The first-order chi connectivity index (χ1) is 22.7. The average molecular weight is 595 g/mol. The lowest BCUT2D eigenvalue weighted by Gasteiger charge is -2.09. The van der Waals surface area contributed by atoms with Gasteiger partial charge in [-0.25, -0.2) is 4.99 Å².